The van der Waals surface area contributed by atoms with Crippen LogP contribution in [0.5, 0.6) is 0 Å². The Hall–Kier alpha value is -2.11. The predicted octanol–water partition coefficient (Wildman–Crippen LogP) is 4.67. The van der Waals surface area contributed by atoms with Gasteiger partial charge in [-0.05, 0) is 48.4 Å². The van der Waals surface area contributed by atoms with Crippen molar-refractivity contribution in [2.75, 3.05) is 4.90 Å². The summed E-state index contributed by atoms with van der Waals surface area (Å²) >= 11 is 7.88. The van der Waals surface area contributed by atoms with Crippen molar-refractivity contribution >= 4 is 52.3 Å². The first-order valence-electron chi connectivity index (χ1n) is 7.05. The standard InChI is InChI=1S/C17H12ClNO3S/c1-17(2)13-12(18)4-3-10-11(7-9-5-6-23-8-9)15(20)19(14(10)13)16(21)22-17/h3-8H,1-2H3/b11-7+. The van der Waals surface area contributed by atoms with Crippen molar-refractivity contribution in [3.8, 4) is 0 Å². The maximum Gasteiger partial charge on any atom is 0.422 e. The molecule has 2 aliphatic heterocycles. The van der Waals surface area contributed by atoms with Gasteiger partial charge in [0.25, 0.3) is 5.91 Å². The fourth-order valence-electron chi connectivity index (χ4n) is 3.08. The van der Waals surface area contributed by atoms with Crippen molar-refractivity contribution in [2.45, 2.75) is 19.4 Å². The van der Waals surface area contributed by atoms with Crippen molar-refractivity contribution in [2.24, 2.45) is 0 Å². The minimum atomic E-state index is -0.881. The Morgan fingerprint density at radius 2 is 2.04 bits per heavy atom. The van der Waals surface area contributed by atoms with Gasteiger partial charge in [-0.25, -0.2) is 9.69 Å². The number of carbonyl (C=O) groups is 2. The number of thiophene rings is 1. The number of halogens is 1. The minimum absolute atomic E-state index is 0.379. The van der Waals surface area contributed by atoms with E-state index in [1.807, 2.05) is 16.8 Å². The predicted molar refractivity (Wildman–Crippen MR) is 90.6 cm³/mol. The molecule has 0 fully saturated rings. The number of nitrogens with zero attached hydrogens (tertiary/aromatic N) is 1. The molecule has 3 heterocycles. The Labute approximate surface area is 141 Å². The largest absolute Gasteiger partial charge is 0.438 e. The van der Waals surface area contributed by atoms with E-state index in [1.54, 1.807) is 43.4 Å². The average Bonchev–Trinajstić information content (AvgIpc) is 3.05. The van der Waals surface area contributed by atoms with Gasteiger partial charge in [0, 0.05) is 16.1 Å². The third-order valence-electron chi connectivity index (χ3n) is 4.06. The molecule has 1 aromatic heterocycles. The molecule has 4 rings (SSSR count). The van der Waals surface area contributed by atoms with Crippen LogP contribution in [0.1, 0.15) is 30.5 Å². The SMILES string of the molecule is CC1(C)OC(=O)N2C(=O)/C(=C/c3ccsc3)c3ccc(Cl)c1c32. The molecule has 0 bridgehead atoms. The molecule has 0 saturated carbocycles. The third kappa shape index (κ3) is 1.97. The Bertz CT molecular complexity index is 883. The molecule has 0 aliphatic carbocycles. The van der Waals surface area contributed by atoms with E-state index in [1.165, 1.54) is 0 Å². The van der Waals surface area contributed by atoms with Crippen molar-refractivity contribution in [3.63, 3.8) is 0 Å². The molecule has 0 spiro atoms. The summed E-state index contributed by atoms with van der Waals surface area (Å²) in [4.78, 5) is 26.2. The molecule has 1 aromatic carbocycles. The highest BCUT2D eigenvalue weighted by Crippen LogP contribution is 2.50. The van der Waals surface area contributed by atoms with Crippen molar-refractivity contribution in [3.05, 3.63) is 50.7 Å². The number of amides is 2. The zero-order valence-electron chi connectivity index (χ0n) is 12.4. The molecule has 0 N–H and O–H groups in total. The maximum atomic E-state index is 12.8. The summed E-state index contributed by atoms with van der Waals surface area (Å²) in [5.74, 6) is -0.379. The Balaban J connectivity index is 2.02. The van der Waals surface area contributed by atoms with Gasteiger partial charge in [-0.3, -0.25) is 4.79 Å². The summed E-state index contributed by atoms with van der Waals surface area (Å²) in [6.07, 6.45) is 1.13. The third-order valence-corrected chi connectivity index (χ3v) is 5.07. The molecule has 116 valence electrons. The van der Waals surface area contributed by atoms with Crippen molar-refractivity contribution in [1.82, 2.24) is 0 Å². The number of benzene rings is 1. The fourth-order valence-corrected chi connectivity index (χ4v) is 4.08. The van der Waals surface area contributed by atoms with Crippen LogP contribution < -0.4 is 4.90 Å². The first-order valence-corrected chi connectivity index (χ1v) is 8.37. The van der Waals surface area contributed by atoms with E-state index in [0.29, 0.717) is 27.4 Å². The molecule has 0 atom stereocenters. The lowest BCUT2D eigenvalue weighted by Crippen LogP contribution is -2.44. The number of hydrogen-bond donors (Lipinski definition) is 0. The molecule has 23 heavy (non-hydrogen) atoms. The van der Waals surface area contributed by atoms with Crippen LogP contribution in [0.15, 0.2) is 29.0 Å². The lowest BCUT2D eigenvalue weighted by atomic mass is 9.91. The van der Waals surface area contributed by atoms with Gasteiger partial charge in [-0.15, -0.1) is 0 Å². The van der Waals surface area contributed by atoms with E-state index >= 15 is 0 Å². The summed E-state index contributed by atoms with van der Waals surface area (Å²) in [7, 11) is 0. The van der Waals surface area contributed by atoms with Gasteiger partial charge in [-0.2, -0.15) is 11.3 Å². The van der Waals surface area contributed by atoms with Gasteiger partial charge in [0.1, 0.15) is 5.60 Å². The lowest BCUT2D eigenvalue weighted by molar-refractivity contribution is -0.113. The second-order valence-electron chi connectivity index (χ2n) is 5.95. The Kier molecular flexibility index (Phi) is 2.95. The topological polar surface area (TPSA) is 46.6 Å². The van der Waals surface area contributed by atoms with E-state index in [9.17, 15) is 9.59 Å². The fraction of sp³-hybridized carbons (Fsp3) is 0.176. The van der Waals surface area contributed by atoms with Crippen LogP contribution in [0.2, 0.25) is 5.02 Å². The lowest BCUT2D eigenvalue weighted by Gasteiger charge is -2.36. The van der Waals surface area contributed by atoms with Crippen LogP contribution >= 0.6 is 22.9 Å². The number of rotatable bonds is 1. The van der Waals surface area contributed by atoms with Gasteiger partial charge in [-0.1, -0.05) is 17.7 Å². The second-order valence-corrected chi connectivity index (χ2v) is 7.14. The number of ether oxygens (including phenoxy) is 1. The van der Waals surface area contributed by atoms with Gasteiger partial charge in [0.15, 0.2) is 0 Å². The molecule has 4 nitrogen and oxygen atoms in total. The van der Waals surface area contributed by atoms with Gasteiger partial charge in [0.2, 0.25) is 0 Å². The average molecular weight is 346 g/mol. The van der Waals surface area contributed by atoms with E-state index in [4.69, 9.17) is 16.3 Å². The van der Waals surface area contributed by atoms with Crippen LogP contribution in [0.25, 0.3) is 11.6 Å². The minimum Gasteiger partial charge on any atom is -0.438 e. The Morgan fingerprint density at radius 3 is 2.74 bits per heavy atom. The summed E-state index contributed by atoms with van der Waals surface area (Å²) in [5, 5.41) is 4.37. The number of hydrogen-bond acceptors (Lipinski definition) is 4. The summed E-state index contributed by atoms with van der Waals surface area (Å²) < 4.78 is 5.43. The second kappa shape index (κ2) is 4.69. The molecule has 2 amide bonds. The Morgan fingerprint density at radius 1 is 1.26 bits per heavy atom. The van der Waals surface area contributed by atoms with E-state index < -0.39 is 11.7 Å². The molecule has 0 unspecified atom stereocenters. The number of imide groups is 1. The quantitative estimate of drug-likeness (QED) is 0.705. The van der Waals surface area contributed by atoms with Crippen LogP contribution in [-0.2, 0) is 15.1 Å². The molecule has 0 radical (unpaired) electrons. The van der Waals surface area contributed by atoms with Gasteiger partial charge >= 0.3 is 6.09 Å². The zero-order valence-corrected chi connectivity index (χ0v) is 14.0. The highest BCUT2D eigenvalue weighted by atomic mass is 35.5. The highest BCUT2D eigenvalue weighted by Gasteiger charge is 2.49. The molecular weight excluding hydrogens is 334 g/mol. The monoisotopic (exact) mass is 345 g/mol. The number of carbonyl (C=O) groups excluding carboxylic acids is 2. The first-order chi connectivity index (χ1) is 10.9. The number of anilines is 1. The molecule has 2 aromatic rings. The van der Waals surface area contributed by atoms with Crippen molar-refractivity contribution < 1.29 is 14.3 Å². The van der Waals surface area contributed by atoms with E-state index in [2.05, 4.69) is 0 Å². The molecule has 0 saturated heterocycles. The van der Waals surface area contributed by atoms with Gasteiger partial charge in [0.05, 0.1) is 11.3 Å². The van der Waals surface area contributed by atoms with E-state index in [-0.39, 0.29) is 5.91 Å². The first kappa shape index (κ1) is 14.5. The normalized spacial score (nSPS) is 20.0. The van der Waals surface area contributed by atoms with Crippen LogP contribution in [-0.4, -0.2) is 12.0 Å². The maximum absolute atomic E-state index is 12.8. The summed E-state index contributed by atoms with van der Waals surface area (Å²) in [6.45, 7) is 3.55. The zero-order chi connectivity index (χ0) is 16.4. The van der Waals surface area contributed by atoms with Gasteiger partial charge < -0.3 is 4.74 Å². The summed E-state index contributed by atoms with van der Waals surface area (Å²) in [6, 6.07) is 5.45. The molecule has 6 heteroatoms. The smallest absolute Gasteiger partial charge is 0.422 e. The van der Waals surface area contributed by atoms with Crippen molar-refractivity contribution in [1.29, 1.82) is 0 Å². The van der Waals surface area contributed by atoms with Crippen LogP contribution in [0, 0.1) is 0 Å². The summed E-state index contributed by atoms with van der Waals surface area (Å²) in [5.41, 5.74) is 2.45. The van der Waals surface area contributed by atoms with Crippen LogP contribution in [0.4, 0.5) is 10.5 Å². The van der Waals surface area contributed by atoms with E-state index in [0.717, 1.165) is 10.5 Å². The highest BCUT2D eigenvalue weighted by molar-refractivity contribution is 7.08. The molecular formula is C17H12ClNO3S. The van der Waals surface area contributed by atoms with Crippen LogP contribution in [0.3, 0.4) is 0 Å². The number of cyclic esters (lactones) is 1. The molecule has 2 aliphatic rings.